The first-order valence-electron chi connectivity index (χ1n) is 13.7. The van der Waals surface area contributed by atoms with Crippen LogP contribution < -0.4 is 5.32 Å². The van der Waals surface area contributed by atoms with E-state index >= 15 is 0 Å². The van der Waals surface area contributed by atoms with Crippen LogP contribution in [0.4, 0.5) is 5.69 Å². The molecule has 1 fully saturated rings. The van der Waals surface area contributed by atoms with Gasteiger partial charge in [-0.3, -0.25) is 4.90 Å². The van der Waals surface area contributed by atoms with Crippen LogP contribution in [0.1, 0.15) is 22.3 Å². The molecule has 5 aromatic rings. The number of nitrogens with zero attached hydrogens (tertiary/aromatic N) is 5. The number of aromatic nitrogens is 3. The zero-order chi connectivity index (χ0) is 26.2. The predicted octanol–water partition coefficient (Wildman–Crippen LogP) is 5.94. The Balaban J connectivity index is 0.00000289. The number of rotatable bonds is 6. The third kappa shape index (κ3) is 5.49. The number of aromatic amines is 1. The van der Waals surface area contributed by atoms with Crippen LogP contribution in [0.15, 0.2) is 79.1 Å². The summed E-state index contributed by atoms with van der Waals surface area (Å²) in [6.07, 6.45) is 1.65. The molecule has 2 aliphatic rings. The first kappa shape index (κ1) is 27.2. The van der Waals surface area contributed by atoms with Crippen molar-refractivity contribution in [2.45, 2.75) is 26.6 Å². The van der Waals surface area contributed by atoms with Gasteiger partial charge in [0, 0.05) is 95.2 Å². The average Bonchev–Trinajstić information content (AvgIpc) is 3.59. The molecular formula is C32H32N7Y-. The first-order chi connectivity index (χ1) is 19.2. The van der Waals surface area contributed by atoms with Crippen LogP contribution in [0.25, 0.3) is 39.0 Å². The Labute approximate surface area is 260 Å². The maximum atomic E-state index is 5.02. The second kappa shape index (κ2) is 11.9. The van der Waals surface area contributed by atoms with Crippen molar-refractivity contribution in [3.05, 3.63) is 107 Å². The van der Waals surface area contributed by atoms with Gasteiger partial charge in [-0.25, -0.2) is 9.97 Å². The second-order valence-corrected chi connectivity index (χ2v) is 10.5. The van der Waals surface area contributed by atoms with Crippen LogP contribution in [0.5, 0.6) is 0 Å². The molecule has 0 aliphatic carbocycles. The summed E-state index contributed by atoms with van der Waals surface area (Å²) in [6, 6.07) is 25.9. The summed E-state index contributed by atoms with van der Waals surface area (Å²) in [5, 5.41) is 6.59. The molecule has 1 saturated heterocycles. The molecule has 7 nitrogen and oxygen atoms in total. The van der Waals surface area contributed by atoms with Gasteiger partial charge in [0.1, 0.15) is 12.0 Å². The number of piperazine rings is 1. The van der Waals surface area contributed by atoms with Gasteiger partial charge < -0.3 is 20.7 Å². The van der Waals surface area contributed by atoms with E-state index in [2.05, 4.69) is 105 Å². The molecule has 0 bridgehead atoms. The smallest absolute Gasteiger partial charge is 0.141 e. The van der Waals surface area contributed by atoms with Gasteiger partial charge in [-0.05, 0) is 35.2 Å². The summed E-state index contributed by atoms with van der Waals surface area (Å²) in [5.74, 6) is 0. The van der Waals surface area contributed by atoms with Crippen LogP contribution in [-0.2, 0) is 52.3 Å². The predicted molar refractivity (Wildman–Crippen MR) is 156 cm³/mol. The topological polar surface area (TPSA) is 74.2 Å². The number of H-pyrrole nitrogens is 1. The normalized spacial score (nSPS) is 15.6. The van der Waals surface area contributed by atoms with Gasteiger partial charge in [0.2, 0.25) is 0 Å². The Bertz CT molecular complexity index is 1600. The van der Waals surface area contributed by atoms with Crippen LogP contribution in [0.2, 0.25) is 0 Å². The number of hydrogen-bond donors (Lipinski definition) is 2. The summed E-state index contributed by atoms with van der Waals surface area (Å²) in [4.78, 5) is 15.3. The van der Waals surface area contributed by atoms with Crippen molar-refractivity contribution in [2.75, 3.05) is 26.2 Å². The van der Waals surface area contributed by atoms with E-state index in [-0.39, 0.29) is 32.7 Å². The Kier molecular flexibility index (Phi) is 8.10. The molecule has 2 aromatic heterocycles. The van der Waals surface area contributed by atoms with Crippen molar-refractivity contribution in [2.24, 2.45) is 0 Å². The van der Waals surface area contributed by atoms with Crippen LogP contribution >= 0.6 is 0 Å². The third-order valence-electron chi connectivity index (χ3n) is 7.94. The maximum absolute atomic E-state index is 5.02. The molecular weight excluding hydrogens is 571 g/mol. The fourth-order valence-electron chi connectivity index (χ4n) is 5.75. The number of fused-ring (bicyclic) bond motifs is 2. The van der Waals surface area contributed by atoms with Gasteiger partial charge in [0.05, 0.1) is 5.69 Å². The SMILES string of the molecule is Cc1c([N-]N2Cc3ccccc3C2)cccc1-c1ncnc2[nH]c(-c3ccc(CN4CCNCC4)cc3)cc12.[Y]. The van der Waals surface area contributed by atoms with E-state index in [1.807, 2.05) is 0 Å². The van der Waals surface area contributed by atoms with E-state index in [4.69, 9.17) is 10.4 Å². The molecule has 3 aromatic carbocycles. The summed E-state index contributed by atoms with van der Waals surface area (Å²) in [7, 11) is 0. The molecule has 4 heterocycles. The van der Waals surface area contributed by atoms with Crippen molar-refractivity contribution >= 4 is 16.7 Å². The second-order valence-electron chi connectivity index (χ2n) is 10.5. The van der Waals surface area contributed by atoms with Gasteiger partial charge in [-0.1, -0.05) is 72.3 Å². The minimum atomic E-state index is 0. The summed E-state index contributed by atoms with van der Waals surface area (Å²) >= 11 is 0. The fraction of sp³-hybridized carbons (Fsp3) is 0.250. The van der Waals surface area contributed by atoms with Crippen LogP contribution in [0.3, 0.4) is 0 Å². The van der Waals surface area contributed by atoms with Crippen molar-refractivity contribution in [1.82, 2.24) is 30.2 Å². The molecule has 0 saturated carbocycles. The minimum Gasteiger partial charge on any atom is -0.619 e. The maximum Gasteiger partial charge on any atom is 0.141 e. The average molecular weight is 604 g/mol. The summed E-state index contributed by atoms with van der Waals surface area (Å²) < 4.78 is 0. The summed E-state index contributed by atoms with van der Waals surface area (Å²) in [5.41, 5.74) is 16.2. The van der Waals surface area contributed by atoms with Gasteiger partial charge in [0.25, 0.3) is 0 Å². The standard InChI is InChI=1S/C32H32N7.Y/c1-22-27(7-4-8-29(22)37-39-19-25-5-2-3-6-26(25)20-39)31-28-17-30(36-32(28)35-21-34-31)24-11-9-23(10-12-24)18-38-15-13-33-14-16-38;/h2-12,17,21,33H,13-16,18-20H2,1H3,(H,34,35,36);/q-1;. The van der Waals surface area contributed by atoms with Crippen molar-refractivity contribution in [3.63, 3.8) is 0 Å². The molecule has 0 spiro atoms. The molecule has 0 unspecified atom stereocenters. The molecule has 0 atom stereocenters. The van der Waals surface area contributed by atoms with Gasteiger partial charge in [-0.15, -0.1) is 5.69 Å². The van der Waals surface area contributed by atoms with Crippen LogP contribution in [-0.4, -0.2) is 51.0 Å². The minimum absolute atomic E-state index is 0. The molecule has 40 heavy (non-hydrogen) atoms. The van der Waals surface area contributed by atoms with Crippen molar-refractivity contribution in [1.29, 1.82) is 0 Å². The van der Waals surface area contributed by atoms with Gasteiger partial charge >= 0.3 is 0 Å². The number of nitrogens with one attached hydrogen (secondary N) is 2. The fourth-order valence-corrected chi connectivity index (χ4v) is 5.75. The Morgan fingerprint density at radius 1 is 0.875 bits per heavy atom. The van der Waals surface area contributed by atoms with E-state index in [9.17, 15) is 0 Å². The largest absolute Gasteiger partial charge is 0.619 e. The molecule has 2 N–H and O–H groups in total. The van der Waals surface area contributed by atoms with E-state index < -0.39 is 0 Å². The van der Waals surface area contributed by atoms with Gasteiger partial charge in [0.15, 0.2) is 0 Å². The van der Waals surface area contributed by atoms with Crippen molar-refractivity contribution < 1.29 is 32.7 Å². The molecule has 7 rings (SSSR count). The zero-order valence-corrected chi connectivity index (χ0v) is 25.6. The number of hydrogen-bond acceptors (Lipinski definition) is 5. The van der Waals surface area contributed by atoms with E-state index in [1.54, 1.807) is 6.33 Å². The Morgan fingerprint density at radius 3 is 2.38 bits per heavy atom. The quantitative estimate of drug-likeness (QED) is 0.252. The molecule has 1 radical (unpaired) electrons. The Hall–Kier alpha value is -2.94. The molecule has 0 amide bonds. The summed E-state index contributed by atoms with van der Waals surface area (Å²) in [6.45, 7) is 9.15. The molecule has 199 valence electrons. The van der Waals surface area contributed by atoms with Gasteiger partial charge in [-0.2, -0.15) is 0 Å². The van der Waals surface area contributed by atoms with E-state index in [1.165, 1.54) is 16.7 Å². The van der Waals surface area contributed by atoms with Crippen LogP contribution in [0, 0.1) is 6.92 Å². The Morgan fingerprint density at radius 2 is 1.62 bits per heavy atom. The van der Waals surface area contributed by atoms with E-state index in [0.29, 0.717) is 0 Å². The first-order valence-corrected chi connectivity index (χ1v) is 13.7. The number of benzene rings is 3. The van der Waals surface area contributed by atoms with Crippen molar-refractivity contribution in [3.8, 4) is 22.5 Å². The third-order valence-corrected chi connectivity index (χ3v) is 7.94. The van der Waals surface area contributed by atoms with E-state index in [0.717, 1.165) is 90.6 Å². The monoisotopic (exact) mass is 603 g/mol. The zero-order valence-electron chi connectivity index (χ0n) is 22.8. The molecule has 2 aliphatic heterocycles. The molecule has 8 heteroatoms.